The van der Waals surface area contributed by atoms with E-state index in [4.69, 9.17) is 4.74 Å². The molecule has 1 heterocycles. The van der Waals surface area contributed by atoms with Crippen LogP contribution in [0.25, 0.3) is 0 Å². The highest BCUT2D eigenvalue weighted by Crippen LogP contribution is 2.11. The second kappa shape index (κ2) is 6.91. The summed E-state index contributed by atoms with van der Waals surface area (Å²) in [6, 6.07) is 8.09. The highest BCUT2D eigenvalue weighted by Gasteiger charge is 2.25. The Kier molecular flexibility index (Phi) is 4.95. The second-order valence-electron chi connectivity index (χ2n) is 4.60. The number of carbonyl (C=O) groups is 2. The van der Waals surface area contributed by atoms with Gasteiger partial charge < -0.3 is 20.1 Å². The lowest BCUT2D eigenvalue weighted by molar-refractivity contribution is -0.143. The van der Waals surface area contributed by atoms with E-state index in [1.165, 1.54) is 0 Å². The van der Waals surface area contributed by atoms with Gasteiger partial charge in [0.2, 0.25) is 5.91 Å². The number of ether oxygens (including phenoxy) is 1. The number of nitrogens with zero attached hydrogens (tertiary/aromatic N) is 1. The monoisotopic (exact) mass is 278 g/mol. The lowest BCUT2D eigenvalue weighted by atomic mass is 10.1. The third-order valence-corrected chi connectivity index (χ3v) is 3.16. The molecule has 1 aromatic rings. The Morgan fingerprint density at radius 3 is 2.50 bits per heavy atom. The van der Waals surface area contributed by atoms with Crippen LogP contribution >= 0.6 is 0 Å². The summed E-state index contributed by atoms with van der Waals surface area (Å²) in [5.41, 5.74) is 0.690. The molecule has 0 aliphatic carbocycles. The molecule has 6 heteroatoms. The van der Waals surface area contributed by atoms with Gasteiger partial charge in [-0.25, -0.2) is 4.79 Å². The second-order valence-corrected chi connectivity index (χ2v) is 4.60. The molecule has 1 saturated heterocycles. The number of benzene rings is 1. The smallest absolute Gasteiger partial charge is 0.326 e. The van der Waals surface area contributed by atoms with Gasteiger partial charge >= 0.3 is 5.97 Å². The zero-order chi connectivity index (χ0) is 14.4. The van der Waals surface area contributed by atoms with Crippen LogP contribution in [-0.2, 0) is 14.3 Å². The van der Waals surface area contributed by atoms with Crippen molar-refractivity contribution in [2.75, 3.05) is 31.6 Å². The molecule has 1 fully saturated rings. The number of nitrogens with one attached hydrogen (secondary N) is 1. The van der Waals surface area contributed by atoms with Gasteiger partial charge in [-0.1, -0.05) is 18.2 Å². The van der Waals surface area contributed by atoms with E-state index in [2.05, 4.69) is 5.32 Å². The van der Waals surface area contributed by atoms with Gasteiger partial charge in [-0.3, -0.25) is 4.79 Å². The van der Waals surface area contributed by atoms with Gasteiger partial charge in [-0.15, -0.1) is 0 Å². The van der Waals surface area contributed by atoms with E-state index < -0.39 is 12.0 Å². The SMILES string of the molecule is O=C(O)[C@@H](CC(=O)N1CCOCC1)Nc1ccccc1. The molecule has 1 aliphatic rings. The van der Waals surface area contributed by atoms with Gasteiger partial charge in [0, 0.05) is 18.8 Å². The standard InChI is InChI=1S/C14H18N2O4/c17-13(16-6-8-20-9-7-16)10-12(14(18)19)15-11-4-2-1-3-5-11/h1-5,12,15H,6-10H2,(H,18,19)/t12-/m1/s1. The molecule has 2 rings (SSSR count). The van der Waals surface area contributed by atoms with Crippen molar-refractivity contribution in [1.82, 2.24) is 4.90 Å². The van der Waals surface area contributed by atoms with Crippen molar-refractivity contribution in [1.29, 1.82) is 0 Å². The minimum absolute atomic E-state index is 0.0653. The largest absolute Gasteiger partial charge is 0.480 e. The molecule has 0 bridgehead atoms. The molecule has 2 N–H and O–H groups in total. The number of aliphatic carboxylic acids is 1. The summed E-state index contributed by atoms with van der Waals surface area (Å²) in [7, 11) is 0. The molecule has 20 heavy (non-hydrogen) atoms. The number of carboxylic acid groups (broad SMARTS) is 1. The van der Waals surface area contributed by atoms with Crippen LogP contribution in [0.15, 0.2) is 30.3 Å². The first-order valence-electron chi connectivity index (χ1n) is 6.57. The van der Waals surface area contributed by atoms with E-state index >= 15 is 0 Å². The molecule has 1 aromatic carbocycles. The number of morpholine rings is 1. The van der Waals surface area contributed by atoms with Crippen LogP contribution in [0.1, 0.15) is 6.42 Å². The normalized spacial score (nSPS) is 16.5. The summed E-state index contributed by atoms with van der Waals surface area (Å²) in [6.07, 6.45) is -0.0653. The maximum atomic E-state index is 12.1. The third-order valence-electron chi connectivity index (χ3n) is 3.16. The molecule has 1 atom stereocenters. The fourth-order valence-electron chi connectivity index (χ4n) is 2.05. The van der Waals surface area contributed by atoms with Crippen LogP contribution in [0.4, 0.5) is 5.69 Å². The maximum absolute atomic E-state index is 12.1. The van der Waals surface area contributed by atoms with Crippen molar-refractivity contribution in [2.45, 2.75) is 12.5 Å². The quantitative estimate of drug-likeness (QED) is 0.833. The summed E-state index contributed by atoms with van der Waals surface area (Å²) in [4.78, 5) is 25.0. The topological polar surface area (TPSA) is 78.9 Å². The predicted molar refractivity (Wildman–Crippen MR) is 73.5 cm³/mol. The molecule has 0 aromatic heterocycles. The van der Waals surface area contributed by atoms with E-state index in [1.807, 2.05) is 18.2 Å². The van der Waals surface area contributed by atoms with Crippen molar-refractivity contribution < 1.29 is 19.4 Å². The average Bonchev–Trinajstić information content (AvgIpc) is 2.48. The predicted octanol–water partition coefficient (Wildman–Crippen LogP) is 0.801. The van der Waals surface area contributed by atoms with Crippen LogP contribution in [0, 0.1) is 0 Å². The van der Waals surface area contributed by atoms with Crippen LogP contribution in [-0.4, -0.2) is 54.2 Å². The number of rotatable bonds is 5. The first-order chi connectivity index (χ1) is 9.66. The van der Waals surface area contributed by atoms with Gasteiger partial charge in [0.1, 0.15) is 6.04 Å². The van der Waals surface area contributed by atoms with Gasteiger partial charge in [0.05, 0.1) is 19.6 Å². The first kappa shape index (κ1) is 14.3. The Hall–Kier alpha value is -2.08. The van der Waals surface area contributed by atoms with E-state index in [0.717, 1.165) is 0 Å². The van der Waals surface area contributed by atoms with Crippen molar-refractivity contribution in [3.8, 4) is 0 Å². The van der Waals surface area contributed by atoms with Crippen LogP contribution in [0.5, 0.6) is 0 Å². The fraction of sp³-hybridized carbons (Fsp3) is 0.429. The molecule has 0 saturated carbocycles. The summed E-state index contributed by atoms with van der Waals surface area (Å²) >= 11 is 0. The number of carbonyl (C=O) groups excluding carboxylic acids is 1. The number of hydrogen-bond donors (Lipinski definition) is 2. The molecule has 1 aliphatic heterocycles. The van der Waals surface area contributed by atoms with Crippen molar-refractivity contribution in [2.24, 2.45) is 0 Å². The third kappa shape index (κ3) is 3.96. The Bertz CT molecular complexity index is 458. The minimum Gasteiger partial charge on any atom is -0.480 e. The Balaban J connectivity index is 1.95. The Morgan fingerprint density at radius 1 is 1.25 bits per heavy atom. The minimum atomic E-state index is -1.03. The number of amides is 1. The summed E-state index contributed by atoms with van der Waals surface area (Å²) < 4.78 is 5.17. The van der Waals surface area contributed by atoms with Crippen molar-refractivity contribution in [3.05, 3.63) is 30.3 Å². The Morgan fingerprint density at radius 2 is 1.90 bits per heavy atom. The van der Waals surface area contributed by atoms with Crippen LogP contribution in [0.2, 0.25) is 0 Å². The van der Waals surface area contributed by atoms with E-state index in [9.17, 15) is 14.7 Å². The van der Waals surface area contributed by atoms with Gasteiger partial charge in [0.15, 0.2) is 0 Å². The van der Waals surface area contributed by atoms with Crippen LogP contribution < -0.4 is 5.32 Å². The molecule has 0 spiro atoms. The van der Waals surface area contributed by atoms with E-state index in [1.54, 1.807) is 17.0 Å². The average molecular weight is 278 g/mol. The molecular weight excluding hydrogens is 260 g/mol. The molecule has 0 unspecified atom stereocenters. The number of para-hydroxylation sites is 1. The van der Waals surface area contributed by atoms with Crippen molar-refractivity contribution >= 4 is 17.6 Å². The summed E-state index contributed by atoms with van der Waals surface area (Å²) in [5, 5.41) is 12.1. The molecule has 108 valence electrons. The van der Waals surface area contributed by atoms with Gasteiger partial charge in [-0.05, 0) is 12.1 Å². The maximum Gasteiger partial charge on any atom is 0.326 e. The lowest BCUT2D eigenvalue weighted by Crippen LogP contribution is -2.44. The lowest BCUT2D eigenvalue weighted by Gasteiger charge is -2.28. The van der Waals surface area contributed by atoms with Crippen LogP contribution in [0.3, 0.4) is 0 Å². The highest BCUT2D eigenvalue weighted by atomic mass is 16.5. The van der Waals surface area contributed by atoms with Crippen molar-refractivity contribution in [3.63, 3.8) is 0 Å². The van der Waals surface area contributed by atoms with E-state index in [0.29, 0.717) is 32.0 Å². The Labute approximate surface area is 117 Å². The molecular formula is C14H18N2O4. The summed E-state index contributed by atoms with van der Waals surface area (Å²) in [5.74, 6) is -1.19. The number of anilines is 1. The molecule has 1 amide bonds. The zero-order valence-corrected chi connectivity index (χ0v) is 11.1. The van der Waals surface area contributed by atoms with E-state index in [-0.39, 0.29) is 12.3 Å². The molecule has 6 nitrogen and oxygen atoms in total. The van der Waals surface area contributed by atoms with Gasteiger partial charge in [-0.2, -0.15) is 0 Å². The fourth-order valence-corrected chi connectivity index (χ4v) is 2.05. The molecule has 0 radical (unpaired) electrons. The number of carboxylic acids is 1. The van der Waals surface area contributed by atoms with Gasteiger partial charge in [0.25, 0.3) is 0 Å². The first-order valence-corrected chi connectivity index (χ1v) is 6.57. The number of hydrogen-bond acceptors (Lipinski definition) is 4. The highest BCUT2D eigenvalue weighted by molar-refractivity contribution is 5.86. The summed E-state index contributed by atoms with van der Waals surface area (Å²) in [6.45, 7) is 2.07. The zero-order valence-electron chi connectivity index (χ0n) is 11.1.